The smallest absolute Gasteiger partial charge is 0.172 e. The van der Waals surface area contributed by atoms with E-state index < -0.39 is 0 Å². The number of benzene rings is 1. The van der Waals surface area contributed by atoms with Gasteiger partial charge in [0.2, 0.25) is 0 Å². The van der Waals surface area contributed by atoms with E-state index in [0.717, 1.165) is 10.6 Å². The van der Waals surface area contributed by atoms with Crippen LogP contribution in [0.25, 0.3) is 0 Å². The highest BCUT2D eigenvalue weighted by Gasteiger charge is 1.99. The highest BCUT2D eigenvalue weighted by molar-refractivity contribution is 7.80. The summed E-state index contributed by atoms with van der Waals surface area (Å²) in [5.41, 5.74) is 1.11. The molecule has 6 heteroatoms. The van der Waals surface area contributed by atoms with E-state index in [1.165, 1.54) is 0 Å². The van der Waals surface area contributed by atoms with Gasteiger partial charge in [0, 0.05) is 23.8 Å². The lowest BCUT2D eigenvalue weighted by Crippen LogP contribution is -2.27. The molecular weight excluding hydrogens is 256 g/mol. The van der Waals surface area contributed by atoms with Crippen molar-refractivity contribution in [2.75, 3.05) is 5.32 Å². The molecule has 0 saturated carbocycles. The maximum atomic E-state index is 5.80. The minimum atomic E-state index is 0.534. The van der Waals surface area contributed by atoms with Crippen LogP contribution in [0.1, 0.15) is 5.56 Å². The van der Waals surface area contributed by atoms with Crippen molar-refractivity contribution in [2.24, 2.45) is 0 Å². The van der Waals surface area contributed by atoms with Gasteiger partial charge in [-0.05, 0) is 29.9 Å². The first-order valence-corrected chi connectivity index (χ1v) is 5.82. The molecule has 0 aliphatic heterocycles. The topological polar surface area (TPSA) is 52.7 Å². The molecule has 3 N–H and O–H groups in total. The Labute approximate surface area is 109 Å². The number of nitrogens with one attached hydrogen (secondary N) is 3. The quantitative estimate of drug-likeness (QED) is 0.748. The normalized spacial score (nSPS) is 9.94. The highest BCUT2D eigenvalue weighted by atomic mass is 35.5. The minimum absolute atomic E-state index is 0.534. The number of nitrogens with zero attached hydrogens (tertiary/aromatic N) is 1. The predicted molar refractivity (Wildman–Crippen MR) is 73.1 cm³/mol. The molecule has 1 heterocycles. The molecule has 2 aromatic rings. The molecule has 4 nitrogen and oxygen atoms in total. The van der Waals surface area contributed by atoms with Crippen LogP contribution in [0.3, 0.4) is 0 Å². The minimum Gasteiger partial charge on any atom is -0.358 e. The van der Waals surface area contributed by atoms with Gasteiger partial charge in [-0.3, -0.25) is 5.10 Å². The van der Waals surface area contributed by atoms with Crippen LogP contribution in [0.4, 0.5) is 5.82 Å². The highest BCUT2D eigenvalue weighted by Crippen LogP contribution is 2.09. The lowest BCUT2D eigenvalue weighted by molar-refractivity contribution is 0.924. The van der Waals surface area contributed by atoms with Crippen LogP contribution in [-0.4, -0.2) is 15.3 Å². The summed E-state index contributed by atoms with van der Waals surface area (Å²) in [5, 5.41) is 13.9. The van der Waals surface area contributed by atoms with Crippen molar-refractivity contribution in [3.8, 4) is 0 Å². The number of thiocarbonyl (C=S) groups is 1. The van der Waals surface area contributed by atoms with E-state index in [9.17, 15) is 0 Å². The first kappa shape index (κ1) is 11.9. The number of H-pyrrole nitrogens is 1. The Balaban J connectivity index is 1.82. The number of anilines is 1. The third-order valence-electron chi connectivity index (χ3n) is 2.11. The zero-order valence-corrected chi connectivity index (χ0v) is 10.5. The number of halogens is 1. The van der Waals surface area contributed by atoms with Gasteiger partial charge in [0.25, 0.3) is 0 Å². The Kier molecular flexibility index (Phi) is 3.95. The second-order valence-electron chi connectivity index (χ2n) is 3.39. The van der Waals surface area contributed by atoms with Gasteiger partial charge in [0.15, 0.2) is 10.9 Å². The lowest BCUT2D eigenvalue weighted by atomic mass is 10.2. The zero-order valence-electron chi connectivity index (χ0n) is 8.90. The van der Waals surface area contributed by atoms with Gasteiger partial charge in [-0.15, -0.1) is 0 Å². The zero-order chi connectivity index (χ0) is 12.1. The van der Waals surface area contributed by atoms with Crippen LogP contribution >= 0.6 is 23.8 Å². The maximum absolute atomic E-state index is 5.80. The van der Waals surface area contributed by atoms with Gasteiger partial charge in [-0.2, -0.15) is 5.10 Å². The number of aromatic amines is 1. The summed E-state index contributed by atoms with van der Waals surface area (Å²) in [6.07, 6.45) is 1.73. The largest absolute Gasteiger partial charge is 0.358 e. The second-order valence-corrected chi connectivity index (χ2v) is 4.24. The fraction of sp³-hybridized carbons (Fsp3) is 0.0909. The predicted octanol–water partition coefficient (Wildman–Crippen LogP) is 2.55. The Morgan fingerprint density at radius 2 is 2.06 bits per heavy atom. The molecule has 0 fully saturated rings. The molecule has 0 spiro atoms. The molecule has 0 bridgehead atoms. The standard InChI is InChI=1S/C11H11ClN4S/c12-9-3-1-8(2-4-9)7-13-11(17)15-10-5-6-14-16-10/h1-6H,7H2,(H3,13,14,15,16,17). The second kappa shape index (κ2) is 5.65. The molecule has 2 rings (SSSR count). The Morgan fingerprint density at radius 3 is 2.71 bits per heavy atom. The van der Waals surface area contributed by atoms with Crippen molar-refractivity contribution < 1.29 is 0 Å². The van der Waals surface area contributed by atoms with Gasteiger partial charge in [-0.1, -0.05) is 23.7 Å². The summed E-state index contributed by atoms with van der Waals surface area (Å²) < 4.78 is 0. The Morgan fingerprint density at radius 1 is 1.29 bits per heavy atom. The van der Waals surface area contributed by atoms with Crippen LogP contribution in [0, 0.1) is 0 Å². The molecule has 0 aliphatic rings. The van der Waals surface area contributed by atoms with Crippen molar-refractivity contribution in [3.63, 3.8) is 0 Å². The summed E-state index contributed by atoms with van der Waals surface area (Å²) in [4.78, 5) is 0. The SMILES string of the molecule is S=C(NCc1ccc(Cl)cc1)Nc1cc[nH]n1. The maximum Gasteiger partial charge on any atom is 0.172 e. The Bertz CT molecular complexity index is 481. The van der Waals surface area contributed by atoms with E-state index in [4.69, 9.17) is 23.8 Å². The molecule has 0 amide bonds. The van der Waals surface area contributed by atoms with Gasteiger partial charge >= 0.3 is 0 Å². The molecule has 1 aromatic carbocycles. The van der Waals surface area contributed by atoms with Crippen LogP contribution in [0.15, 0.2) is 36.5 Å². The van der Waals surface area contributed by atoms with Crippen molar-refractivity contribution in [3.05, 3.63) is 47.1 Å². The number of hydrogen-bond donors (Lipinski definition) is 3. The van der Waals surface area contributed by atoms with Gasteiger partial charge in [0.1, 0.15) is 0 Å². The fourth-order valence-corrected chi connectivity index (χ4v) is 1.58. The molecule has 0 aliphatic carbocycles. The van der Waals surface area contributed by atoms with Gasteiger partial charge in [-0.25, -0.2) is 0 Å². The number of rotatable bonds is 3. The first-order valence-electron chi connectivity index (χ1n) is 5.03. The summed E-state index contributed by atoms with van der Waals surface area (Å²) in [5.74, 6) is 0.693. The summed E-state index contributed by atoms with van der Waals surface area (Å²) in [6, 6.07) is 9.40. The molecule has 88 valence electrons. The molecule has 17 heavy (non-hydrogen) atoms. The van der Waals surface area contributed by atoms with Crippen LogP contribution in [0.5, 0.6) is 0 Å². The summed E-state index contributed by atoms with van der Waals surface area (Å²) in [6.45, 7) is 0.646. The molecule has 0 atom stereocenters. The summed E-state index contributed by atoms with van der Waals surface area (Å²) >= 11 is 10.9. The molecule has 0 saturated heterocycles. The number of hydrogen-bond acceptors (Lipinski definition) is 2. The van der Waals surface area contributed by atoms with E-state index in [2.05, 4.69) is 20.8 Å². The first-order chi connectivity index (χ1) is 8.24. The van der Waals surface area contributed by atoms with E-state index in [1.54, 1.807) is 12.3 Å². The van der Waals surface area contributed by atoms with Crippen molar-refractivity contribution in [1.29, 1.82) is 0 Å². The third-order valence-corrected chi connectivity index (χ3v) is 2.61. The average molecular weight is 267 g/mol. The van der Waals surface area contributed by atoms with Crippen LogP contribution < -0.4 is 10.6 Å². The van der Waals surface area contributed by atoms with E-state index >= 15 is 0 Å². The Hall–Kier alpha value is -1.59. The lowest BCUT2D eigenvalue weighted by Gasteiger charge is -2.08. The van der Waals surface area contributed by atoms with E-state index in [0.29, 0.717) is 17.5 Å². The summed E-state index contributed by atoms with van der Waals surface area (Å²) in [7, 11) is 0. The third kappa shape index (κ3) is 3.72. The van der Waals surface area contributed by atoms with E-state index in [1.807, 2.05) is 24.3 Å². The van der Waals surface area contributed by atoms with Crippen LogP contribution in [0.2, 0.25) is 5.02 Å². The van der Waals surface area contributed by atoms with Crippen molar-refractivity contribution in [1.82, 2.24) is 15.5 Å². The van der Waals surface area contributed by atoms with Crippen LogP contribution in [-0.2, 0) is 6.54 Å². The molecule has 0 radical (unpaired) electrons. The molecular formula is C11H11ClN4S. The van der Waals surface area contributed by atoms with Gasteiger partial charge in [0.05, 0.1) is 0 Å². The monoisotopic (exact) mass is 266 g/mol. The molecule has 1 aromatic heterocycles. The van der Waals surface area contributed by atoms with Crippen molar-refractivity contribution >= 4 is 34.7 Å². The van der Waals surface area contributed by atoms with Gasteiger partial charge < -0.3 is 10.6 Å². The van der Waals surface area contributed by atoms with Crippen molar-refractivity contribution in [2.45, 2.75) is 6.54 Å². The fourth-order valence-electron chi connectivity index (χ4n) is 1.28. The molecule has 0 unspecified atom stereocenters. The van der Waals surface area contributed by atoms with E-state index in [-0.39, 0.29) is 0 Å². The average Bonchev–Trinajstić information content (AvgIpc) is 2.81. The number of aromatic nitrogens is 2.